The van der Waals surface area contributed by atoms with Crippen molar-refractivity contribution in [2.45, 2.75) is 45.1 Å². The quantitative estimate of drug-likeness (QED) is 0.830. The highest BCUT2D eigenvalue weighted by Crippen LogP contribution is 2.35. The van der Waals surface area contributed by atoms with E-state index >= 15 is 0 Å². The van der Waals surface area contributed by atoms with E-state index in [1.54, 1.807) is 0 Å². The summed E-state index contributed by atoms with van der Waals surface area (Å²) in [5, 5.41) is 8.69. The molecule has 1 heterocycles. The molecule has 0 aromatic carbocycles. The first-order valence-electron chi connectivity index (χ1n) is 7.22. The van der Waals surface area contributed by atoms with Crippen LogP contribution in [0.25, 0.3) is 0 Å². The monoisotopic (exact) mass is 268 g/mol. The van der Waals surface area contributed by atoms with E-state index in [0.29, 0.717) is 30.8 Å². The first kappa shape index (κ1) is 14.2. The zero-order chi connectivity index (χ0) is 14.0. The van der Waals surface area contributed by atoms with Crippen LogP contribution in [0.5, 0.6) is 0 Å². The maximum Gasteiger partial charge on any atom is 0.319 e. The van der Waals surface area contributed by atoms with Crippen molar-refractivity contribution < 1.29 is 14.7 Å². The van der Waals surface area contributed by atoms with Gasteiger partial charge < -0.3 is 14.9 Å². The minimum atomic E-state index is -0.746. The Kier molecular flexibility index (Phi) is 4.32. The fourth-order valence-electron chi connectivity index (χ4n) is 2.86. The van der Waals surface area contributed by atoms with Crippen molar-refractivity contribution in [3.8, 4) is 0 Å². The van der Waals surface area contributed by atoms with Gasteiger partial charge in [-0.05, 0) is 44.4 Å². The maximum atomic E-state index is 12.3. The average molecular weight is 268 g/mol. The zero-order valence-corrected chi connectivity index (χ0v) is 11.8. The van der Waals surface area contributed by atoms with E-state index in [0.717, 1.165) is 13.0 Å². The largest absolute Gasteiger partial charge is 0.481 e. The normalized spacial score (nSPS) is 24.3. The number of hydrogen-bond acceptors (Lipinski definition) is 2. The van der Waals surface area contributed by atoms with Gasteiger partial charge in [0.1, 0.15) is 0 Å². The van der Waals surface area contributed by atoms with Crippen LogP contribution in [0.15, 0.2) is 0 Å². The van der Waals surface area contributed by atoms with Gasteiger partial charge in [-0.2, -0.15) is 0 Å². The number of likely N-dealkylation sites (tertiary alicyclic amines) is 1. The number of aliphatic carboxylic acids is 1. The van der Waals surface area contributed by atoms with Crippen LogP contribution in [0.1, 0.15) is 39.0 Å². The number of carboxylic acid groups (broad SMARTS) is 1. The van der Waals surface area contributed by atoms with Crippen molar-refractivity contribution in [2.75, 3.05) is 20.1 Å². The highest BCUT2D eigenvalue weighted by atomic mass is 16.4. The summed E-state index contributed by atoms with van der Waals surface area (Å²) in [6.07, 6.45) is 4.30. The number of rotatable bonds is 5. The number of carbonyl (C=O) groups excluding carboxylic acids is 1. The summed E-state index contributed by atoms with van der Waals surface area (Å²) in [5.74, 6) is 0.285. The fraction of sp³-hybridized carbons (Fsp3) is 0.857. The highest BCUT2D eigenvalue weighted by molar-refractivity contribution is 5.75. The first-order chi connectivity index (χ1) is 8.99. The van der Waals surface area contributed by atoms with Crippen LogP contribution >= 0.6 is 0 Å². The molecule has 1 saturated heterocycles. The van der Waals surface area contributed by atoms with Crippen LogP contribution in [-0.2, 0) is 4.79 Å². The lowest BCUT2D eigenvalue weighted by atomic mass is 10.0. The zero-order valence-electron chi connectivity index (χ0n) is 11.8. The van der Waals surface area contributed by atoms with Crippen LogP contribution in [0.4, 0.5) is 4.79 Å². The first-order valence-corrected chi connectivity index (χ1v) is 7.22. The van der Waals surface area contributed by atoms with Gasteiger partial charge in [0.15, 0.2) is 0 Å². The number of amides is 2. The van der Waals surface area contributed by atoms with Gasteiger partial charge in [-0.3, -0.25) is 4.79 Å². The van der Waals surface area contributed by atoms with Crippen LogP contribution < -0.4 is 0 Å². The Morgan fingerprint density at radius 2 is 2.05 bits per heavy atom. The third-order valence-corrected chi connectivity index (χ3v) is 4.54. The van der Waals surface area contributed by atoms with Crippen LogP contribution in [-0.4, -0.2) is 53.1 Å². The summed E-state index contributed by atoms with van der Waals surface area (Å²) < 4.78 is 0. The molecule has 0 aromatic heterocycles. The van der Waals surface area contributed by atoms with Crippen LogP contribution in [0.2, 0.25) is 0 Å². The summed E-state index contributed by atoms with van der Waals surface area (Å²) in [6, 6.07) is 0.433. The lowest BCUT2D eigenvalue weighted by molar-refractivity contribution is -0.137. The maximum absolute atomic E-state index is 12.3. The van der Waals surface area contributed by atoms with Crippen molar-refractivity contribution in [3.63, 3.8) is 0 Å². The van der Waals surface area contributed by atoms with Crippen molar-refractivity contribution in [1.82, 2.24) is 9.80 Å². The van der Waals surface area contributed by atoms with E-state index in [9.17, 15) is 9.59 Å². The third kappa shape index (κ3) is 3.61. The number of urea groups is 1. The second kappa shape index (κ2) is 5.80. The molecule has 0 bridgehead atoms. The minimum Gasteiger partial charge on any atom is -0.481 e. The minimum absolute atomic E-state index is 0.109. The van der Waals surface area contributed by atoms with E-state index in [1.165, 1.54) is 12.8 Å². The molecule has 5 heteroatoms. The van der Waals surface area contributed by atoms with Crippen molar-refractivity contribution >= 4 is 12.0 Å². The molecule has 2 aliphatic rings. The molecule has 19 heavy (non-hydrogen) atoms. The molecule has 108 valence electrons. The van der Waals surface area contributed by atoms with Crippen molar-refractivity contribution in [1.29, 1.82) is 0 Å². The van der Waals surface area contributed by atoms with Crippen LogP contribution in [0.3, 0.4) is 0 Å². The van der Waals surface area contributed by atoms with Gasteiger partial charge in [-0.15, -0.1) is 0 Å². The van der Waals surface area contributed by atoms with Gasteiger partial charge >= 0.3 is 12.0 Å². The molecule has 0 radical (unpaired) electrons. The predicted octanol–water partition coefficient (Wildman–Crippen LogP) is 2.02. The van der Waals surface area contributed by atoms with E-state index < -0.39 is 5.97 Å². The molecule has 5 nitrogen and oxygen atoms in total. The summed E-state index contributed by atoms with van der Waals surface area (Å²) in [4.78, 5) is 26.6. The molecular weight excluding hydrogens is 244 g/mol. The number of carbonyl (C=O) groups is 2. The van der Waals surface area contributed by atoms with Gasteiger partial charge in [-0.25, -0.2) is 4.79 Å². The molecule has 2 unspecified atom stereocenters. The summed E-state index contributed by atoms with van der Waals surface area (Å²) in [5.41, 5.74) is 0. The molecule has 0 aromatic rings. The van der Waals surface area contributed by atoms with E-state index in [2.05, 4.69) is 6.92 Å². The Bertz CT molecular complexity index is 355. The number of carboxylic acids is 1. The van der Waals surface area contributed by atoms with E-state index in [4.69, 9.17) is 5.11 Å². The highest BCUT2D eigenvalue weighted by Gasteiger charge is 2.35. The second-order valence-corrected chi connectivity index (χ2v) is 6.00. The SMILES string of the molecule is CC(C1CC1)N(C)C(=O)N1CCC(CCC(=O)O)C1. The molecule has 1 saturated carbocycles. The van der Waals surface area contributed by atoms with E-state index in [-0.39, 0.29) is 12.5 Å². The molecule has 2 amide bonds. The Labute approximate surface area is 114 Å². The average Bonchev–Trinajstić information content (AvgIpc) is 3.12. The number of hydrogen-bond donors (Lipinski definition) is 1. The predicted molar refractivity (Wildman–Crippen MR) is 71.9 cm³/mol. The smallest absolute Gasteiger partial charge is 0.319 e. The van der Waals surface area contributed by atoms with Crippen molar-refractivity contribution in [2.24, 2.45) is 11.8 Å². The Morgan fingerprint density at radius 3 is 2.63 bits per heavy atom. The fourth-order valence-corrected chi connectivity index (χ4v) is 2.86. The summed E-state index contributed by atoms with van der Waals surface area (Å²) >= 11 is 0. The van der Waals surface area contributed by atoms with Crippen molar-refractivity contribution in [3.05, 3.63) is 0 Å². The number of nitrogens with zero attached hydrogens (tertiary/aromatic N) is 2. The van der Waals surface area contributed by atoms with Crippen LogP contribution in [0, 0.1) is 11.8 Å². The topological polar surface area (TPSA) is 60.9 Å². The van der Waals surface area contributed by atoms with Gasteiger partial charge in [0.05, 0.1) is 0 Å². The van der Waals surface area contributed by atoms with Gasteiger partial charge in [0.25, 0.3) is 0 Å². The molecule has 1 N–H and O–H groups in total. The summed E-state index contributed by atoms with van der Waals surface area (Å²) in [7, 11) is 1.88. The Balaban J connectivity index is 1.79. The molecule has 2 fully saturated rings. The lowest BCUT2D eigenvalue weighted by Crippen LogP contribution is -2.44. The molecular formula is C14H24N2O3. The Hall–Kier alpha value is -1.26. The third-order valence-electron chi connectivity index (χ3n) is 4.54. The Morgan fingerprint density at radius 1 is 1.37 bits per heavy atom. The summed E-state index contributed by atoms with van der Waals surface area (Å²) in [6.45, 7) is 3.60. The molecule has 1 aliphatic carbocycles. The molecule has 1 aliphatic heterocycles. The molecule has 0 spiro atoms. The second-order valence-electron chi connectivity index (χ2n) is 6.00. The standard InChI is InChI=1S/C14H24N2O3/c1-10(12-4-5-12)15(2)14(19)16-8-7-11(9-16)3-6-13(17)18/h10-12H,3-9H2,1-2H3,(H,17,18). The lowest BCUT2D eigenvalue weighted by Gasteiger charge is -2.29. The van der Waals surface area contributed by atoms with Gasteiger partial charge in [0, 0.05) is 32.6 Å². The van der Waals surface area contributed by atoms with Gasteiger partial charge in [0.2, 0.25) is 0 Å². The molecule has 2 atom stereocenters. The van der Waals surface area contributed by atoms with E-state index in [1.807, 2.05) is 16.8 Å². The van der Waals surface area contributed by atoms with Gasteiger partial charge in [-0.1, -0.05) is 0 Å². The molecule has 2 rings (SSSR count).